The van der Waals surface area contributed by atoms with Gasteiger partial charge in [-0.1, -0.05) is 0 Å². The van der Waals surface area contributed by atoms with Crippen molar-refractivity contribution >= 4 is 84.0 Å². The molecule has 0 aromatic carbocycles. The van der Waals surface area contributed by atoms with Gasteiger partial charge in [0.15, 0.2) is 60.1 Å². The fourth-order valence-electron chi connectivity index (χ4n) is 0.641. The second kappa shape index (κ2) is 14.9. The van der Waals surface area contributed by atoms with Crippen molar-refractivity contribution in [2.24, 2.45) is 0 Å². The van der Waals surface area contributed by atoms with Crippen LogP contribution in [0.25, 0.3) is 12.4 Å². The standard InChI is InChI=1S/3C2F6NO4S2.Sn/c3*3-1(4,5)14(10,11)9-15(12,13)2(6,7)8;/q3*-1;+4. The summed E-state index contributed by atoms with van der Waals surface area (Å²) in [5, 5.41) is 0. The molecule has 0 radical (unpaired) electrons. The van der Waals surface area contributed by atoms with E-state index in [1.165, 1.54) is 0 Å². The van der Waals surface area contributed by atoms with Gasteiger partial charge in [0.2, 0.25) is 0 Å². The molecule has 0 saturated carbocycles. The zero-order valence-corrected chi connectivity index (χ0v) is 26.7. The van der Waals surface area contributed by atoms with Gasteiger partial charge in [0.25, 0.3) is 0 Å². The van der Waals surface area contributed by atoms with Crippen molar-refractivity contribution < 1.29 is 130 Å². The Morgan fingerprint density at radius 3 is 0.348 bits per heavy atom. The number of alkyl halides is 18. The Morgan fingerprint density at radius 1 is 0.239 bits per heavy atom. The summed E-state index contributed by atoms with van der Waals surface area (Å²) in [6.07, 6.45) is 0. The van der Waals surface area contributed by atoms with Crippen LogP contribution in [0.1, 0.15) is 0 Å². The molecule has 276 valence electrons. The number of halogens is 18. The predicted octanol–water partition coefficient (Wildman–Crippen LogP) is 2.80. The summed E-state index contributed by atoms with van der Waals surface area (Å²) < 4.78 is 328. The molecule has 46 heavy (non-hydrogen) atoms. The molecule has 0 spiro atoms. The minimum Gasteiger partial charge on any atom is -0.421 e. The Bertz CT molecular complexity index is 1370. The summed E-state index contributed by atoms with van der Waals surface area (Å²) in [4.78, 5) is 0. The van der Waals surface area contributed by atoms with E-state index in [4.69, 9.17) is 0 Å². The van der Waals surface area contributed by atoms with Gasteiger partial charge >= 0.3 is 57.0 Å². The number of nitrogens with zero attached hydrogens (tertiary/aromatic N) is 3. The average Bonchev–Trinajstić information content (AvgIpc) is 2.61. The molecule has 0 saturated heterocycles. The summed E-state index contributed by atoms with van der Waals surface area (Å²) in [6.45, 7) is 0. The van der Waals surface area contributed by atoms with Gasteiger partial charge in [-0.15, -0.1) is 0 Å². The second-order valence-corrected chi connectivity index (χ2v) is 16.0. The maximum Gasteiger partial charge on any atom is 4.00 e. The molecule has 0 N–H and O–H groups in total. The SMILES string of the molecule is O=S(=O)([N-]S(=O)(=O)C(F)(F)F)C(F)(F)F.O=S(=O)([N-]S(=O)(=O)C(F)(F)F)C(F)(F)F.O=S(=O)([N-]S(=O)(=O)C(F)(F)F)C(F)(F)F.[Sn+4]. The van der Waals surface area contributed by atoms with Crippen molar-refractivity contribution in [3.05, 3.63) is 12.4 Å². The molecule has 0 aromatic heterocycles. The van der Waals surface area contributed by atoms with Crippen LogP contribution in [0.2, 0.25) is 0 Å². The summed E-state index contributed by atoms with van der Waals surface area (Å²) in [5.41, 5.74) is -37.2. The van der Waals surface area contributed by atoms with Gasteiger partial charge in [-0.2, -0.15) is 79.0 Å². The smallest absolute Gasteiger partial charge is 0.421 e. The van der Waals surface area contributed by atoms with Gasteiger partial charge in [0.05, 0.1) is 0 Å². The first-order chi connectivity index (χ1) is 18.6. The quantitative estimate of drug-likeness (QED) is 0.276. The van der Waals surface area contributed by atoms with Crippen molar-refractivity contribution in [3.8, 4) is 0 Å². The fourth-order valence-corrected chi connectivity index (χ4v) is 5.77. The van der Waals surface area contributed by atoms with E-state index < -0.39 is 93.2 Å². The second-order valence-electron chi connectivity index (χ2n) is 5.75. The zero-order chi connectivity index (χ0) is 38.1. The molecule has 0 atom stereocenters. The molecule has 40 heteroatoms. The van der Waals surface area contributed by atoms with Crippen LogP contribution in [0.5, 0.6) is 0 Å². The Morgan fingerprint density at radius 2 is 0.304 bits per heavy atom. The molecule has 0 amide bonds. The Balaban J connectivity index is -0.000000285. The molecule has 0 aromatic rings. The van der Waals surface area contributed by atoms with Crippen LogP contribution < -0.4 is 0 Å². The van der Waals surface area contributed by atoms with Crippen molar-refractivity contribution in [2.75, 3.05) is 0 Å². The van der Waals surface area contributed by atoms with Gasteiger partial charge in [0.1, 0.15) is 0 Å². The first-order valence-electron chi connectivity index (χ1n) is 7.72. The van der Waals surface area contributed by atoms with E-state index in [0.29, 0.717) is 0 Å². The minimum atomic E-state index is -6.72. The van der Waals surface area contributed by atoms with Crippen molar-refractivity contribution in [2.45, 2.75) is 33.0 Å². The van der Waals surface area contributed by atoms with E-state index in [9.17, 15) is 130 Å². The number of hydrogen-bond donors (Lipinski definition) is 0. The first-order valence-corrected chi connectivity index (χ1v) is 16.4. The monoisotopic (exact) mass is 960 g/mol. The van der Waals surface area contributed by atoms with Gasteiger partial charge in [-0.3, -0.25) is 0 Å². The largest absolute Gasteiger partial charge is 4.00 e. The fraction of sp³-hybridized carbons (Fsp3) is 1.00. The normalized spacial score (nSPS) is 15.0. The molecule has 0 rings (SSSR count). The van der Waals surface area contributed by atoms with E-state index in [1.54, 1.807) is 0 Å². The predicted molar refractivity (Wildman–Crippen MR) is 106 cm³/mol. The van der Waals surface area contributed by atoms with Crippen molar-refractivity contribution in [1.29, 1.82) is 0 Å². The first kappa shape index (κ1) is 51.9. The molecule has 0 bridgehead atoms. The maximum atomic E-state index is 11.4. The van der Waals surface area contributed by atoms with Crippen LogP contribution >= 0.6 is 0 Å². The zero-order valence-electron chi connectivity index (χ0n) is 19.0. The van der Waals surface area contributed by atoms with Gasteiger partial charge in [0, 0.05) is 0 Å². The number of hydrogen-bond acceptors (Lipinski definition) is 12. The van der Waals surface area contributed by atoms with Crippen LogP contribution in [-0.4, -0.2) is 107 Å². The van der Waals surface area contributed by atoms with Crippen molar-refractivity contribution in [3.63, 3.8) is 0 Å². The van der Waals surface area contributed by atoms with E-state index in [-0.39, 0.29) is 23.9 Å². The van der Waals surface area contributed by atoms with E-state index >= 15 is 0 Å². The average molecular weight is 959 g/mol. The van der Waals surface area contributed by atoms with E-state index in [1.807, 2.05) is 0 Å². The van der Waals surface area contributed by atoms with Crippen LogP contribution in [0, 0.1) is 0 Å². The molecule has 0 heterocycles. The third-order valence-electron chi connectivity index (χ3n) is 2.34. The van der Waals surface area contributed by atoms with Crippen LogP contribution in [-0.2, 0) is 60.1 Å². The third-order valence-corrected chi connectivity index (χ3v) is 10.6. The maximum absolute atomic E-state index is 11.4. The molecule has 0 unspecified atom stereocenters. The molecule has 0 fully saturated rings. The molecular weight excluding hydrogens is 959 g/mol. The molecular formula is C6F18N3O12S6Sn+. The van der Waals surface area contributed by atoms with Gasteiger partial charge in [-0.05, 0) is 0 Å². The number of sulfonamides is 6. The van der Waals surface area contributed by atoms with Gasteiger partial charge < -0.3 is 12.4 Å². The minimum absolute atomic E-state index is 0. The summed E-state index contributed by atoms with van der Waals surface area (Å²) in [5.74, 6) is 0. The topological polar surface area (TPSA) is 247 Å². The summed E-state index contributed by atoms with van der Waals surface area (Å²) >= 11 is 0. The van der Waals surface area contributed by atoms with Crippen LogP contribution in [0.4, 0.5) is 79.0 Å². The molecule has 15 nitrogen and oxygen atoms in total. The Hall–Kier alpha value is -0.881. The number of rotatable bonds is 6. The van der Waals surface area contributed by atoms with Gasteiger partial charge in [-0.25, -0.2) is 50.5 Å². The van der Waals surface area contributed by atoms with Crippen LogP contribution in [0.3, 0.4) is 0 Å². The van der Waals surface area contributed by atoms with Crippen molar-refractivity contribution in [1.82, 2.24) is 0 Å². The molecule has 0 aliphatic rings. The van der Waals surface area contributed by atoms with E-state index in [2.05, 4.69) is 0 Å². The van der Waals surface area contributed by atoms with Crippen LogP contribution in [0.15, 0.2) is 0 Å². The molecule has 0 aliphatic carbocycles. The Labute approximate surface area is 258 Å². The summed E-state index contributed by atoms with van der Waals surface area (Å²) in [7, 11) is -40.3. The Kier molecular flexibility index (Phi) is 16.9. The molecule has 0 aliphatic heterocycles. The third kappa shape index (κ3) is 15.1. The summed E-state index contributed by atoms with van der Waals surface area (Å²) in [6, 6.07) is 0. The van der Waals surface area contributed by atoms with E-state index in [0.717, 1.165) is 12.4 Å².